The molecular formula is C19H24ClN3O3S2. The Morgan fingerprint density at radius 3 is 2.43 bits per heavy atom. The molecule has 2 aliphatic rings. The van der Waals surface area contributed by atoms with E-state index >= 15 is 0 Å². The maximum atomic E-state index is 12.9. The number of thiazole rings is 1. The van der Waals surface area contributed by atoms with Gasteiger partial charge in [0.2, 0.25) is 10.0 Å². The second kappa shape index (κ2) is 8.67. The first-order valence-corrected chi connectivity index (χ1v) is 12.3. The molecule has 0 amide bonds. The summed E-state index contributed by atoms with van der Waals surface area (Å²) in [6.45, 7) is 3.04. The lowest BCUT2D eigenvalue weighted by Gasteiger charge is -2.41. The summed E-state index contributed by atoms with van der Waals surface area (Å²) in [7, 11) is -3.53. The van der Waals surface area contributed by atoms with Crippen LogP contribution in [0, 0.1) is 0 Å². The van der Waals surface area contributed by atoms with E-state index in [1.165, 1.54) is 11.3 Å². The highest BCUT2D eigenvalue weighted by Crippen LogP contribution is 2.29. The van der Waals surface area contributed by atoms with Gasteiger partial charge < -0.3 is 9.64 Å². The Labute approximate surface area is 175 Å². The SMILES string of the molecule is O=S(=O)(c1ccccc1Cl)N1CCC(N2CCC(Oc3nccs3)CC2)CC1. The standard InChI is InChI=1S/C19H24ClN3O3S2/c20-17-3-1-2-4-18(17)28(24,25)23-12-5-15(6-13-23)22-10-7-16(8-11-22)26-19-21-9-14-27-19/h1-4,9,14-16H,5-8,10-13H2. The first-order valence-electron chi connectivity index (χ1n) is 9.59. The van der Waals surface area contributed by atoms with Crippen LogP contribution in [0.15, 0.2) is 40.7 Å². The summed E-state index contributed by atoms with van der Waals surface area (Å²) >= 11 is 7.64. The van der Waals surface area contributed by atoms with E-state index in [2.05, 4.69) is 9.88 Å². The highest BCUT2D eigenvalue weighted by molar-refractivity contribution is 7.89. The summed E-state index contributed by atoms with van der Waals surface area (Å²) in [6.07, 6.45) is 5.65. The molecule has 0 saturated carbocycles. The molecule has 0 atom stereocenters. The quantitative estimate of drug-likeness (QED) is 0.710. The topological polar surface area (TPSA) is 62.7 Å². The highest BCUT2D eigenvalue weighted by Gasteiger charge is 2.34. The van der Waals surface area contributed by atoms with Gasteiger partial charge in [0.15, 0.2) is 0 Å². The summed E-state index contributed by atoms with van der Waals surface area (Å²) in [4.78, 5) is 6.88. The summed E-state index contributed by atoms with van der Waals surface area (Å²) < 4.78 is 33.3. The van der Waals surface area contributed by atoms with Crippen molar-refractivity contribution in [2.24, 2.45) is 0 Å². The Hall–Kier alpha value is -1.19. The van der Waals surface area contributed by atoms with Crippen molar-refractivity contribution in [3.8, 4) is 5.19 Å². The number of halogens is 1. The van der Waals surface area contributed by atoms with E-state index in [0.717, 1.165) is 44.0 Å². The van der Waals surface area contributed by atoms with Crippen LogP contribution in [-0.2, 0) is 10.0 Å². The largest absolute Gasteiger partial charge is 0.467 e. The van der Waals surface area contributed by atoms with Crippen LogP contribution in [0.3, 0.4) is 0 Å². The zero-order chi connectivity index (χ0) is 19.6. The number of sulfonamides is 1. The smallest absolute Gasteiger partial charge is 0.273 e. The van der Waals surface area contributed by atoms with E-state index in [1.54, 1.807) is 34.8 Å². The summed E-state index contributed by atoms with van der Waals surface area (Å²) in [6, 6.07) is 7.09. The summed E-state index contributed by atoms with van der Waals surface area (Å²) in [5.74, 6) is 0. The highest BCUT2D eigenvalue weighted by atomic mass is 35.5. The van der Waals surface area contributed by atoms with Gasteiger partial charge in [0.05, 0.1) is 5.02 Å². The number of ether oxygens (including phenoxy) is 1. The van der Waals surface area contributed by atoms with Gasteiger partial charge in [0.25, 0.3) is 5.19 Å². The molecule has 2 saturated heterocycles. The average Bonchev–Trinajstić information content (AvgIpc) is 3.22. The molecule has 0 radical (unpaired) electrons. The van der Waals surface area contributed by atoms with Crippen LogP contribution in [-0.4, -0.2) is 60.9 Å². The van der Waals surface area contributed by atoms with Gasteiger partial charge in [-0.25, -0.2) is 13.4 Å². The zero-order valence-electron chi connectivity index (χ0n) is 15.5. The molecule has 152 valence electrons. The molecule has 28 heavy (non-hydrogen) atoms. The molecule has 0 N–H and O–H groups in total. The minimum absolute atomic E-state index is 0.204. The molecule has 0 aliphatic carbocycles. The van der Waals surface area contributed by atoms with Crippen molar-refractivity contribution in [1.29, 1.82) is 0 Å². The lowest BCUT2D eigenvalue weighted by Crippen LogP contribution is -2.50. The number of likely N-dealkylation sites (tertiary alicyclic amines) is 1. The molecule has 0 bridgehead atoms. The van der Waals surface area contributed by atoms with Crippen molar-refractivity contribution in [3.05, 3.63) is 40.9 Å². The van der Waals surface area contributed by atoms with E-state index in [-0.39, 0.29) is 16.0 Å². The molecule has 2 aliphatic heterocycles. The van der Waals surface area contributed by atoms with Crippen LogP contribution in [0.4, 0.5) is 0 Å². The third kappa shape index (κ3) is 4.36. The Bertz CT molecular complexity index is 876. The van der Waals surface area contributed by atoms with Gasteiger partial charge in [-0.1, -0.05) is 35.1 Å². The molecule has 4 rings (SSSR count). The van der Waals surface area contributed by atoms with E-state index < -0.39 is 10.0 Å². The van der Waals surface area contributed by atoms with Crippen LogP contribution in [0.5, 0.6) is 5.19 Å². The number of rotatable bonds is 5. The monoisotopic (exact) mass is 441 g/mol. The average molecular weight is 442 g/mol. The zero-order valence-corrected chi connectivity index (χ0v) is 17.9. The number of piperidine rings is 2. The number of hydrogen-bond acceptors (Lipinski definition) is 6. The Kier molecular flexibility index (Phi) is 6.22. The van der Waals surface area contributed by atoms with Crippen molar-refractivity contribution in [1.82, 2.24) is 14.2 Å². The predicted octanol–water partition coefficient (Wildman–Crippen LogP) is 3.49. The van der Waals surface area contributed by atoms with Gasteiger partial charge >= 0.3 is 0 Å². The van der Waals surface area contributed by atoms with E-state index in [4.69, 9.17) is 16.3 Å². The molecule has 9 heteroatoms. The van der Waals surface area contributed by atoms with Crippen LogP contribution >= 0.6 is 22.9 Å². The molecule has 0 spiro atoms. The first kappa shape index (κ1) is 20.1. The van der Waals surface area contributed by atoms with Crippen molar-refractivity contribution in [2.45, 2.75) is 42.7 Å². The van der Waals surface area contributed by atoms with Crippen LogP contribution in [0.25, 0.3) is 0 Å². The fraction of sp³-hybridized carbons (Fsp3) is 0.526. The molecule has 1 aromatic carbocycles. The summed E-state index contributed by atoms with van der Waals surface area (Å²) in [5, 5.41) is 2.96. The maximum absolute atomic E-state index is 12.9. The van der Waals surface area contributed by atoms with Gasteiger partial charge in [-0.2, -0.15) is 4.31 Å². The number of hydrogen-bond donors (Lipinski definition) is 0. The lowest BCUT2D eigenvalue weighted by molar-refractivity contribution is 0.0584. The first-order chi connectivity index (χ1) is 13.5. The lowest BCUT2D eigenvalue weighted by atomic mass is 10.00. The third-order valence-electron chi connectivity index (χ3n) is 5.55. The van der Waals surface area contributed by atoms with Gasteiger partial charge in [-0.05, 0) is 37.8 Å². The Morgan fingerprint density at radius 1 is 1.07 bits per heavy atom. The van der Waals surface area contributed by atoms with Crippen molar-refractivity contribution in [3.63, 3.8) is 0 Å². The number of benzene rings is 1. The Morgan fingerprint density at radius 2 is 1.79 bits per heavy atom. The van der Waals surface area contributed by atoms with E-state index in [0.29, 0.717) is 19.1 Å². The summed E-state index contributed by atoms with van der Waals surface area (Å²) in [5.41, 5.74) is 0. The number of nitrogens with zero attached hydrogens (tertiary/aromatic N) is 3. The van der Waals surface area contributed by atoms with E-state index in [9.17, 15) is 8.42 Å². The maximum Gasteiger partial charge on any atom is 0.273 e. The minimum atomic E-state index is -3.53. The Balaban J connectivity index is 1.29. The van der Waals surface area contributed by atoms with Crippen molar-refractivity contribution < 1.29 is 13.2 Å². The molecule has 2 fully saturated rings. The van der Waals surface area contributed by atoms with Crippen molar-refractivity contribution in [2.75, 3.05) is 26.2 Å². The van der Waals surface area contributed by atoms with E-state index in [1.807, 2.05) is 5.38 Å². The molecule has 0 unspecified atom stereocenters. The fourth-order valence-corrected chi connectivity index (χ4v) is 6.53. The minimum Gasteiger partial charge on any atom is -0.467 e. The van der Waals surface area contributed by atoms with Gasteiger partial charge in [-0.3, -0.25) is 0 Å². The van der Waals surface area contributed by atoms with Gasteiger partial charge in [-0.15, -0.1) is 0 Å². The van der Waals surface area contributed by atoms with Crippen LogP contribution in [0.1, 0.15) is 25.7 Å². The number of aromatic nitrogens is 1. The van der Waals surface area contributed by atoms with Gasteiger partial charge in [0.1, 0.15) is 11.0 Å². The second-order valence-electron chi connectivity index (χ2n) is 7.22. The fourth-order valence-electron chi connectivity index (χ4n) is 4.01. The van der Waals surface area contributed by atoms with Crippen LogP contribution < -0.4 is 4.74 Å². The van der Waals surface area contributed by atoms with Crippen LogP contribution in [0.2, 0.25) is 5.02 Å². The molecule has 3 heterocycles. The molecule has 6 nitrogen and oxygen atoms in total. The van der Waals surface area contributed by atoms with Gasteiger partial charge in [0, 0.05) is 43.8 Å². The predicted molar refractivity (Wildman–Crippen MR) is 111 cm³/mol. The van der Waals surface area contributed by atoms with Crippen molar-refractivity contribution >= 4 is 33.0 Å². The second-order valence-corrected chi connectivity index (χ2v) is 10.4. The molecular weight excluding hydrogens is 418 g/mol. The normalized spacial score (nSPS) is 21.0. The molecule has 2 aromatic rings. The third-order valence-corrected chi connectivity index (χ3v) is 8.61. The molecule has 1 aromatic heterocycles.